The van der Waals surface area contributed by atoms with Crippen LogP contribution in [0.15, 0.2) is 29.3 Å². The number of guanidine groups is 1. The minimum atomic E-state index is 0.256. The second-order valence-electron chi connectivity index (χ2n) is 8.49. The molecule has 4 nitrogen and oxygen atoms in total. The number of benzene rings is 1. The Kier molecular flexibility index (Phi) is 5.10. The molecule has 26 heavy (non-hydrogen) atoms. The van der Waals surface area contributed by atoms with Crippen molar-refractivity contribution in [2.75, 3.05) is 31.1 Å². The monoisotopic (exact) mass is 354 g/mol. The molecule has 142 valence electrons. The minimum absolute atomic E-state index is 0.256. The lowest BCUT2D eigenvalue weighted by atomic mass is 10.0. The van der Waals surface area contributed by atoms with Crippen molar-refractivity contribution in [2.24, 2.45) is 16.3 Å². The molecule has 1 heterocycles. The zero-order valence-corrected chi connectivity index (χ0v) is 16.4. The molecule has 0 aromatic heterocycles. The van der Waals surface area contributed by atoms with Crippen molar-refractivity contribution in [3.8, 4) is 0 Å². The fraction of sp³-hybridized carbons (Fsp3) is 0.682. The normalized spacial score (nSPS) is 23.0. The van der Waals surface area contributed by atoms with E-state index in [2.05, 4.69) is 53.6 Å². The fourth-order valence-electron chi connectivity index (χ4n) is 4.36. The third kappa shape index (κ3) is 3.99. The molecule has 2 saturated carbocycles. The van der Waals surface area contributed by atoms with E-state index in [0.717, 1.165) is 25.0 Å². The van der Waals surface area contributed by atoms with Crippen LogP contribution in [0.3, 0.4) is 0 Å². The molecule has 3 fully saturated rings. The van der Waals surface area contributed by atoms with Gasteiger partial charge >= 0.3 is 0 Å². The van der Waals surface area contributed by atoms with E-state index < -0.39 is 0 Å². The number of hydrogen-bond donors (Lipinski definition) is 2. The highest BCUT2D eigenvalue weighted by atomic mass is 15.2. The van der Waals surface area contributed by atoms with Gasteiger partial charge in [0.25, 0.3) is 0 Å². The highest BCUT2D eigenvalue weighted by molar-refractivity contribution is 5.80. The summed E-state index contributed by atoms with van der Waals surface area (Å²) in [6, 6.07) is 9.27. The number of nitrogens with zero attached hydrogens (tertiary/aromatic N) is 2. The van der Waals surface area contributed by atoms with Crippen LogP contribution in [0.25, 0.3) is 0 Å². The van der Waals surface area contributed by atoms with Crippen molar-refractivity contribution in [1.29, 1.82) is 0 Å². The molecule has 0 spiro atoms. The molecule has 1 unspecified atom stereocenters. The summed E-state index contributed by atoms with van der Waals surface area (Å²) in [6.07, 6.45) is 8.26. The molecular weight excluding hydrogens is 320 g/mol. The summed E-state index contributed by atoms with van der Waals surface area (Å²) < 4.78 is 0. The lowest BCUT2D eigenvalue weighted by molar-refractivity contribution is 0.452. The van der Waals surface area contributed by atoms with Crippen LogP contribution in [0.5, 0.6) is 0 Å². The van der Waals surface area contributed by atoms with Gasteiger partial charge in [0.2, 0.25) is 0 Å². The first-order valence-corrected chi connectivity index (χ1v) is 10.6. The van der Waals surface area contributed by atoms with Crippen molar-refractivity contribution in [3.63, 3.8) is 0 Å². The van der Waals surface area contributed by atoms with Crippen molar-refractivity contribution in [2.45, 2.75) is 58.4 Å². The number of rotatable bonds is 7. The van der Waals surface area contributed by atoms with Crippen molar-refractivity contribution < 1.29 is 0 Å². The third-order valence-electron chi connectivity index (χ3n) is 6.43. The van der Waals surface area contributed by atoms with Gasteiger partial charge in [0, 0.05) is 31.9 Å². The maximum absolute atomic E-state index is 4.96. The predicted octanol–water partition coefficient (Wildman–Crippen LogP) is 4.09. The van der Waals surface area contributed by atoms with Crippen molar-refractivity contribution in [3.05, 3.63) is 29.8 Å². The summed E-state index contributed by atoms with van der Waals surface area (Å²) in [5, 5.41) is 7.07. The molecule has 0 amide bonds. The van der Waals surface area contributed by atoms with Crippen LogP contribution in [0.1, 0.15) is 64.0 Å². The van der Waals surface area contributed by atoms with E-state index in [1.807, 2.05) is 0 Å². The van der Waals surface area contributed by atoms with E-state index in [0.29, 0.717) is 5.41 Å². The summed E-state index contributed by atoms with van der Waals surface area (Å²) in [6.45, 7) is 8.67. The lowest BCUT2D eigenvalue weighted by Gasteiger charge is -2.22. The molecule has 4 heteroatoms. The molecule has 2 aliphatic carbocycles. The Balaban J connectivity index is 1.41. The Morgan fingerprint density at radius 3 is 2.69 bits per heavy atom. The van der Waals surface area contributed by atoms with E-state index in [-0.39, 0.29) is 6.04 Å². The molecule has 1 atom stereocenters. The largest absolute Gasteiger partial charge is 0.372 e. The highest BCUT2D eigenvalue weighted by Crippen LogP contribution is 2.61. The molecule has 4 rings (SSSR count). The zero-order valence-electron chi connectivity index (χ0n) is 16.4. The van der Waals surface area contributed by atoms with Gasteiger partial charge in [0.05, 0.1) is 6.04 Å². The van der Waals surface area contributed by atoms with Crippen LogP contribution in [-0.2, 0) is 0 Å². The van der Waals surface area contributed by atoms with Crippen molar-refractivity contribution >= 4 is 11.6 Å². The summed E-state index contributed by atoms with van der Waals surface area (Å²) >= 11 is 0. The van der Waals surface area contributed by atoms with Crippen LogP contribution < -0.4 is 15.5 Å². The maximum atomic E-state index is 4.96. The molecule has 3 aliphatic rings. The lowest BCUT2D eigenvalue weighted by Crippen LogP contribution is -2.39. The average Bonchev–Trinajstić information content (AvgIpc) is 3.58. The third-order valence-corrected chi connectivity index (χ3v) is 6.43. The van der Waals surface area contributed by atoms with Crippen LogP contribution >= 0.6 is 0 Å². The van der Waals surface area contributed by atoms with E-state index in [4.69, 9.17) is 4.99 Å². The van der Waals surface area contributed by atoms with E-state index in [9.17, 15) is 0 Å². The zero-order chi connectivity index (χ0) is 18.0. The SMILES string of the molecule is CCNC(=NCC1(C2CC2)CC1)NC(C)c1cccc(N2CCCC2)c1. The predicted molar refractivity (Wildman–Crippen MR) is 110 cm³/mol. The smallest absolute Gasteiger partial charge is 0.191 e. The molecule has 1 aromatic rings. The van der Waals surface area contributed by atoms with E-state index in [1.54, 1.807) is 0 Å². The number of hydrogen-bond acceptors (Lipinski definition) is 2. The Morgan fingerprint density at radius 1 is 1.27 bits per heavy atom. The Labute approximate surface area is 158 Å². The average molecular weight is 355 g/mol. The van der Waals surface area contributed by atoms with Crippen LogP contribution in [-0.4, -0.2) is 32.1 Å². The Bertz CT molecular complexity index is 639. The molecule has 1 aromatic carbocycles. The molecule has 1 saturated heterocycles. The van der Waals surface area contributed by atoms with Gasteiger partial charge < -0.3 is 15.5 Å². The summed E-state index contributed by atoms with van der Waals surface area (Å²) in [4.78, 5) is 7.46. The van der Waals surface area contributed by atoms with Crippen molar-refractivity contribution in [1.82, 2.24) is 10.6 Å². The Hall–Kier alpha value is -1.71. The summed E-state index contributed by atoms with van der Waals surface area (Å²) in [5.41, 5.74) is 3.26. The Morgan fingerprint density at radius 2 is 2.04 bits per heavy atom. The number of anilines is 1. The molecular formula is C22H34N4. The highest BCUT2D eigenvalue weighted by Gasteiger charge is 2.53. The van der Waals surface area contributed by atoms with Crippen LogP contribution in [0.4, 0.5) is 5.69 Å². The van der Waals surface area contributed by atoms with Gasteiger partial charge in [0.15, 0.2) is 5.96 Å². The van der Waals surface area contributed by atoms with Gasteiger partial charge in [-0.25, -0.2) is 0 Å². The minimum Gasteiger partial charge on any atom is -0.372 e. The summed E-state index contributed by atoms with van der Waals surface area (Å²) in [7, 11) is 0. The number of aliphatic imine (C=N–C) groups is 1. The standard InChI is InChI=1S/C22H34N4/c1-3-23-21(24-16-22(11-12-22)19-9-10-19)25-17(2)18-7-6-8-20(15-18)26-13-4-5-14-26/h6-8,15,17,19H,3-5,9-14,16H2,1-2H3,(H2,23,24,25). The van der Waals surface area contributed by atoms with Gasteiger partial charge in [-0.05, 0) is 81.4 Å². The van der Waals surface area contributed by atoms with Gasteiger partial charge in [-0.1, -0.05) is 12.1 Å². The number of nitrogens with one attached hydrogen (secondary N) is 2. The van der Waals surface area contributed by atoms with E-state index >= 15 is 0 Å². The quantitative estimate of drug-likeness (QED) is 0.572. The maximum Gasteiger partial charge on any atom is 0.191 e. The van der Waals surface area contributed by atoms with E-state index in [1.165, 1.54) is 62.9 Å². The van der Waals surface area contributed by atoms with Crippen LogP contribution in [0.2, 0.25) is 0 Å². The molecule has 0 bridgehead atoms. The second kappa shape index (κ2) is 7.50. The fourth-order valence-corrected chi connectivity index (χ4v) is 4.36. The first-order valence-electron chi connectivity index (χ1n) is 10.6. The molecule has 2 N–H and O–H groups in total. The molecule has 1 aliphatic heterocycles. The first kappa shape index (κ1) is 17.7. The van der Waals surface area contributed by atoms with Gasteiger partial charge in [-0.2, -0.15) is 0 Å². The van der Waals surface area contributed by atoms with Gasteiger partial charge in [-0.3, -0.25) is 4.99 Å². The van der Waals surface area contributed by atoms with Gasteiger partial charge in [0.1, 0.15) is 0 Å². The molecule has 0 radical (unpaired) electrons. The second-order valence-corrected chi connectivity index (χ2v) is 8.49. The van der Waals surface area contributed by atoms with Crippen LogP contribution in [0, 0.1) is 11.3 Å². The topological polar surface area (TPSA) is 39.7 Å². The van der Waals surface area contributed by atoms with Gasteiger partial charge in [-0.15, -0.1) is 0 Å². The summed E-state index contributed by atoms with van der Waals surface area (Å²) in [5.74, 6) is 1.93. The first-order chi connectivity index (χ1) is 12.7.